The predicted octanol–water partition coefficient (Wildman–Crippen LogP) is 2.38. The minimum atomic E-state index is -0.421. The highest BCUT2D eigenvalue weighted by atomic mass is 16.6. The Hall–Kier alpha value is -0.770. The minimum Gasteiger partial charge on any atom is -0.444 e. The molecule has 0 bridgehead atoms. The fourth-order valence-electron chi connectivity index (χ4n) is 2.38. The molecule has 17 heavy (non-hydrogen) atoms. The summed E-state index contributed by atoms with van der Waals surface area (Å²) in [4.78, 5) is 13.8. The Labute approximate surface area is 105 Å². The Balaban J connectivity index is 2.60. The van der Waals surface area contributed by atoms with Crippen LogP contribution >= 0.6 is 0 Å². The van der Waals surface area contributed by atoms with Crippen molar-refractivity contribution in [1.82, 2.24) is 10.2 Å². The smallest absolute Gasteiger partial charge is 0.410 e. The molecular weight excluding hydrogens is 216 g/mol. The molecule has 0 heterocycles. The fraction of sp³-hybridized carbons (Fsp3) is 0.923. The van der Waals surface area contributed by atoms with Crippen molar-refractivity contribution >= 4 is 6.09 Å². The summed E-state index contributed by atoms with van der Waals surface area (Å²) in [6.45, 7) is 5.69. The second kappa shape index (κ2) is 5.71. The van der Waals surface area contributed by atoms with Gasteiger partial charge in [-0.3, -0.25) is 0 Å². The molecule has 1 fully saturated rings. The van der Waals surface area contributed by atoms with Crippen molar-refractivity contribution in [2.24, 2.45) is 0 Å². The monoisotopic (exact) mass is 242 g/mol. The third-order valence-electron chi connectivity index (χ3n) is 3.28. The molecule has 4 nitrogen and oxygen atoms in total. The van der Waals surface area contributed by atoms with Gasteiger partial charge in [0.2, 0.25) is 0 Å². The van der Waals surface area contributed by atoms with E-state index in [1.165, 1.54) is 12.8 Å². The number of carbonyl (C=O) groups excluding carboxylic acids is 1. The lowest BCUT2D eigenvalue weighted by atomic mass is 9.89. The highest BCUT2D eigenvalue weighted by molar-refractivity contribution is 5.68. The second-order valence-electron chi connectivity index (χ2n) is 5.84. The van der Waals surface area contributed by atoms with Crippen molar-refractivity contribution in [2.45, 2.75) is 64.1 Å². The van der Waals surface area contributed by atoms with Crippen LogP contribution in [0.15, 0.2) is 0 Å². The third-order valence-corrected chi connectivity index (χ3v) is 3.28. The number of nitrogens with one attached hydrogen (secondary N) is 1. The van der Waals surface area contributed by atoms with Crippen molar-refractivity contribution in [3.05, 3.63) is 0 Å². The summed E-state index contributed by atoms with van der Waals surface area (Å²) in [5, 5.41) is 3.30. The van der Waals surface area contributed by atoms with E-state index < -0.39 is 5.60 Å². The summed E-state index contributed by atoms with van der Waals surface area (Å²) in [6, 6.07) is 0.643. The van der Waals surface area contributed by atoms with Gasteiger partial charge in [-0.1, -0.05) is 12.8 Å². The first-order valence-electron chi connectivity index (χ1n) is 6.48. The van der Waals surface area contributed by atoms with Gasteiger partial charge in [-0.05, 0) is 40.7 Å². The van der Waals surface area contributed by atoms with Gasteiger partial charge in [-0.25, -0.2) is 4.79 Å². The summed E-state index contributed by atoms with van der Waals surface area (Å²) in [5.74, 6) is 0. The van der Waals surface area contributed by atoms with Crippen LogP contribution < -0.4 is 5.32 Å². The molecule has 2 atom stereocenters. The minimum absolute atomic E-state index is 0.218. The van der Waals surface area contributed by atoms with E-state index in [2.05, 4.69) is 5.32 Å². The van der Waals surface area contributed by atoms with Crippen molar-refractivity contribution in [1.29, 1.82) is 0 Å². The number of ether oxygens (including phenoxy) is 1. The quantitative estimate of drug-likeness (QED) is 0.808. The molecule has 1 aliphatic rings. The van der Waals surface area contributed by atoms with E-state index in [0.29, 0.717) is 6.04 Å². The van der Waals surface area contributed by atoms with Gasteiger partial charge in [0, 0.05) is 19.1 Å². The van der Waals surface area contributed by atoms with Gasteiger partial charge in [0.25, 0.3) is 0 Å². The molecule has 0 aromatic rings. The number of hydrogen-bond donors (Lipinski definition) is 1. The zero-order valence-corrected chi connectivity index (χ0v) is 11.7. The number of carbonyl (C=O) groups is 1. The lowest BCUT2D eigenvalue weighted by Gasteiger charge is -2.38. The summed E-state index contributed by atoms with van der Waals surface area (Å²) in [7, 11) is 3.81. The first-order chi connectivity index (χ1) is 7.85. The molecule has 0 radical (unpaired) electrons. The number of hydrogen-bond acceptors (Lipinski definition) is 3. The van der Waals surface area contributed by atoms with E-state index in [1.54, 1.807) is 4.90 Å². The van der Waals surface area contributed by atoms with Gasteiger partial charge in [0.15, 0.2) is 0 Å². The molecule has 4 heteroatoms. The molecule has 1 unspecified atom stereocenters. The van der Waals surface area contributed by atoms with Crippen LogP contribution in [-0.2, 0) is 4.74 Å². The van der Waals surface area contributed by atoms with E-state index in [0.717, 1.165) is 12.8 Å². The summed E-state index contributed by atoms with van der Waals surface area (Å²) < 4.78 is 5.40. The largest absolute Gasteiger partial charge is 0.444 e. The molecule has 1 amide bonds. The maximum absolute atomic E-state index is 12.0. The maximum atomic E-state index is 12.0. The SMILES string of the molecule is CNC1CCCC[C@@H]1N(C)C(=O)OC(C)(C)C. The topological polar surface area (TPSA) is 41.6 Å². The first-order valence-corrected chi connectivity index (χ1v) is 6.48. The molecule has 100 valence electrons. The number of nitrogens with zero attached hydrogens (tertiary/aromatic N) is 1. The molecule has 0 spiro atoms. The van der Waals surface area contributed by atoms with Crippen molar-refractivity contribution in [2.75, 3.05) is 14.1 Å². The third kappa shape index (κ3) is 4.19. The lowest BCUT2D eigenvalue weighted by molar-refractivity contribution is 0.0152. The Bertz CT molecular complexity index is 261. The van der Waals surface area contributed by atoms with Gasteiger partial charge in [-0.2, -0.15) is 0 Å². The Morgan fingerprint density at radius 2 is 1.88 bits per heavy atom. The summed E-state index contributed by atoms with van der Waals surface area (Å²) >= 11 is 0. The van der Waals surface area contributed by atoms with Crippen LogP contribution in [0.1, 0.15) is 46.5 Å². The van der Waals surface area contributed by atoms with Gasteiger partial charge < -0.3 is 15.0 Å². The molecule has 1 saturated carbocycles. The Kier molecular flexibility index (Phi) is 4.80. The van der Waals surface area contributed by atoms with E-state index >= 15 is 0 Å². The van der Waals surface area contributed by atoms with E-state index in [1.807, 2.05) is 34.9 Å². The highest BCUT2D eigenvalue weighted by Gasteiger charge is 2.31. The zero-order valence-electron chi connectivity index (χ0n) is 11.7. The van der Waals surface area contributed by atoms with Crippen LogP contribution in [0.2, 0.25) is 0 Å². The molecule has 1 aliphatic carbocycles. The number of likely N-dealkylation sites (N-methyl/N-ethyl adjacent to an activating group) is 2. The standard InChI is InChI=1S/C13H26N2O2/c1-13(2,3)17-12(16)15(5)11-9-7-6-8-10(11)14-4/h10-11,14H,6-9H2,1-5H3/t10?,11-/m0/s1. The molecule has 0 aromatic heterocycles. The summed E-state index contributed by atoms with van der Waals surface area (Å²) in [6.07, 6.45) is 4.40. The lowest BCUT2D eigenvalue weighted by Crippen LogP contribution is -2.52. The van der Waals surface area contributed by atoms with Crippen molar-refractivity contribution < 1.29 is 9.53 Å². The number of rotatable bonds is 2. The molecular formula is C13H26N2O2. The van der Waals surface area contributed by atoms with Gasteiger partial charge >= 0.3 is 6.09 Å². The van der Waals surface area contributed by atoms with Gasteiger partial charge in [0.1, 0.15) is 5.60 Å². The molecule has 0 aliphatic heterocycles. The van der Waals surface area contributed by atoms with Crippen LogP contribution in [0.5, 0.6) is 0 Å². The number of amides is 1. The molecule has 1 rings (SSSR count). The van der Waals surface area contributed by atoms with E-state index in [4.69, 9.17) is 4.74 Å². The Morgan fingerprint density at radius 1 is 1.29 bits per heavy atom. The predicted molar refractivity (Wildman–Crippen MR) is 69.1 cm³/mol. The van der Waals surface area contributed by atoms with Crippen LogP contribution in [0, 0.1) is 0 Å². The average Bonchev–Trinajstić information content (AvgIpc) is 2.25. The van der Waals surface area contributed by atoms with E-state index in [-0.39, 0.29) is 12.1 Å². The molecule has 1 N–H and O–H groups in total. The molecule has 0 aromatic carbocycles. The zero-order chi connectivity index (χ0) is 13.1. The first kappa shape index (κ1) is 14.3. The van der Waals surface area contributed by atoms with E-state index in [9.17, 15) is 4.79 Å². The fourth-order valence-corrected chi connectivity index (χ4v) is 2.38. The highest BCUT2D eigenvalue weighted by Crippen LogP contribution is 2.23. The average molecular weight is 242 g/mol. The normalized spacial score (nSPS) is 25.5. The maximum Gasteiger partial charge on any atom is 0.410 e. The molecule has 0 saturated heterocycles. The van der Waals surface area contributed by atoms with Crippen LogP contribution in [0.25, 0.3) is 0 Å². The van der Waals surface area contributed by atoms with Crippen molar-refractivity contribution in [3.63, 3.8) is 0 Å². The second-order valence-corrected chi connectivity index (χ2v) is 5.84. The van der Waals surface area contributed by atoms with Crippen LogP contribution in [-0.4, -0.2) is 42.8 Å². The van der Waals surface area contributed by atoms with Gasteiger partial charge in [-0.15, -0.1) is 0 Å². The van der Waals surface area contributed by atoms with Crippen LogP contribution in [0.3, 0.4) is 0 Å². The summed E-state index contributed by atoms with van der Waals surface area (Å²) in [5.41, 5.74) is -0.421. The van der Waals surface area contributed by atoms with Crippen LogP contribution in [0.4, 0.5) is 4.79 Å². The van der Waals surface area contributed by atoms with Crippen molar-refractivity contribution in [3.8, 4) is 0 Å². The Morgan fingerprint density at radius 3 is 2.41 bits per heavy atom. The van der Waals surface area contributed by atoms with Gasteiger partial charge in [0.05, 0.1) is 0 Å².